The molecule has 9 heteroatoms. The summed E-state index contributed by atoms with van der Waals surface area (Å²) in [7, 11) is 0. The first-order valence-corrected chi connectivity index (χ1v) is 14.1. The Bertz CT molecular complexity index is 1870. The summed E-state index contributed by atoms with van der Waals surface area (Å²) < 4.78 is 32.6. The third-order valence-corrected chi connectivity index (χ3v) is 7.42. The first-order chi connectivity index (χ1) is 20.4. The zero-order chi connectivity index (χ0) is 29.6. The Morgan fingerprint density at radius 1 is 1.05 bits per heavy atom. The normalized spacial score (nSPS) is 14.5. The number of thiazole rings is 1. The van der Waals surface area contributed by atoms with E-state index in [-0.39, 0.29) is 24.3 Å². The second kappa shape index (κ2) is 12.7. The van der Waals surface area contributed by atoms with Crippen molar-refractivity contribution >= 4 is 29.1 Å². The fourth-order valence-corrected chi connectivity index (χ4v) is 5.67. The summed E-state index contributed by atoms with van der Waals surface area (Å²) in [6.07, 6.45) is 7.06. The molecule has 0 saturated carbocycles. The molecule has 0 saturated heterocycles. The molecule has 0 amide bonds. The number of nitrogens with zero attached hydrogens (tertiary/aromatic N) is 2. The van der Waals surface area contributed by atoms with Gasteiger partial charge in [-0.05, 0) is 55.3 Å². The summed E-state index contributed by atoms with van der Waals surface area (Å²) in [4.78, 5) is 32.7. The van der Waals surface area contributed by atoms with Crippen LogP contribution in [0.4, 0.5) is 4.39 Å². The molecule has 1 aromatic heterocycles. The Kier molecular flexibility index (Phi) is 8.65. The molecule has 0 fully saturated rings. The topological polar surface area (TPSA) is 79.1 Å². The summed E-state index contributed by atoms with van der Waals surface area (Å²) >= 11 is 1.19. The predicted molar refractivity (Wildman–Crippen MR) is 159 cm³/mol. The molecule has 0 radical (unpaired) electrons. The number of ether oxygens (including phenoxy) is 3. The third kappa shape index (κ3) is 5.76. The maximum atomic E-state index is 14.0. The molecule has 42 heavy (non-hydrogen) atoms. The molecule has 2 heterocycles. The van der Waals surface area contributed by atoms with E-state index in [1.54, 1.807) is 43.3 Å². The van der Waals surface area contributed by atoms with Crippen molar-refractivity contribution in [3.63, 3.8) is 0 Å². The summed E-state index contributed by atoms with van der Waals surface area (Å²) in [6, 6.07) is 19.4. The van der Waals surface area contributed by atoms with E-state index >= 15 is 0 Å². The molecule has 5 rings (SSSR count). The van der Waals surface area contributed by atoms with E-state index in [2.05, 4.69) is 5.92 Å². The standard InChI is InChI=1S/C33H27FN2O5S/c1-4-18-41-25-17-12-21(19-26(25)39-5-2)20-27-31(37)36-30(23-13-15-24(34)16-14-23)28(32(38)40-6-3)29(35-33(36)42-27)22-10-8-7-9-11-22/h1,7-17,19-20,30H,5-6,18H2,2-3H3/b27-20+. The van der Waals surface area contributed by atoms with Gasteiger partial charge in [0.25, 0.3) is 5.56 Å². The van der Waals surface area contributed by atoms with Crippen LogP contribution in [-0.4, -0.2) is 30.4 Å². The fraction of sp³-hybridized carbons (Fsp3) is 0.182. The van der Waals surface area contributed by atoms with E-state index in [0.29, 0.717) is 49.8 Å². The lowest BCUT2D eigenvalue weighted by Gasteiger charge is -2.25. The lowest BCUT2D eigenvalue weighted by Crippen LogP contribution is -2.40. The minimum absolute atomic E-state index is 0.0912. The van der Waals surface area contributed by atoms with Gasteiger partial charge in [-0.1, -0.05) is 65.8 Å². The van der Waals surface area contributed by atoms with Gasteiger partial charge in [-0.2, -0.15) is 0 Å². The molecule has 1 atom stereocenters. The molecule has 1 aliphatic rings. The number of hydrogen-bond acceptors (Lipinski definition) is 7. The van der Waals surface area contributed by atoms with Gasteiger partial charge in [-0.15, -0.1) is 6.42 Å². The Morgan fingerprint density at radius 3 is 2.50 bits per heavy atom. The average Bonchev–Trinajstić information content (AvgIpc) is 3.31. The first-order valence-electron chi connectivity index (χ1n) is 13.3. The number of fused-ring (bicyclic) bond motifs is 1. The van der Waals surface area contributed by atoms with E-state index in [4.69, 9.17) is 25.6 Å². The Labute approximate surface area is 245 Å². The van der Waals surface area contributed by atoms with Crippen LogP contribution in [0.5, 0.6) is 11.5 Å². The van der Waals surface area contributed by atoms with Crippen molar-refractivity contribution in [2.24, 2.45) is 4.99 Å². The number of aromatic nitrogens is 1. The van der Waals surface area contributed by atoms with Crippen LogP contribution < -0.4 is 24.4 Å². The van der Waals surface area contributed by atoms with Crippen LogP contribution in [-0.2, 0) is 9.53 Å². The van der Waals surface area contributed by atoms with Gasteiger partial charge in [-0.3, -0.25) is 9.36 Å². The number of carbonyl (C=O) groups is 1. The minimum atomic E-state index is -0.892. The second-order valence-electron chi connectivity index (χ2n) is 9.12. The smallest absolute Gasteiger partial charge is 0.338 e. The molecule has 7 nitrogen and oxygen atoms in total. The molecular formula is C33H27FN2O5S. The molecular weight excluding hydrogens is 555 g/mol. The number of rotatable bonds is 9. The second-order valence-corrected chi connectivity index (χ2v) is 10.1. The molecule has 4 aromatic rings. The van der Waals surface area contributed by atoms with Crippen LogP contribution in [0.3, 0.4) is 0 Å². The van der Waals surface area contributed by atoms with E-state index in [9.17, 15) is 14.0 Å². The van der Waals surface area contributed by atoms with Crippen LogP contribution in [0.15, 0.2) is 88.2 Å². The first kappa shape index (κ1) is 28.6. The highest BCUT2D eigenvalue weighted by Gasteiger charge is 2.35. The van der Waals surface area contributed by atoms with Gasteiger partial charge in [0.15, 0.2) is 16.3 Å². The van der Waals surface area contributed by atoms with Gasteiger partial charge in [0.05, 0.1) is 35.1 Å². The van der Waals surface area contributed by atoms with E-state index in [1.807, 2.05) is 37.3 Å². The molecule has 0 aliphatic carbocycles. The highest BCUT2D eigenvalue weighted by Crippen LogP contribution is 2.35. The van der Waals surface area contributed by atoms with Crippen molar-refractivity contribution in [3.8, 4) is 23.8 Å². The van der Waals surface area contributed by atoms with Crippen LogP contribution >= 0.6 is 11.3 Å². The monoisotopic (exact) mass is 582 g/mol. The van der Waals surface area contributed by atoms with Gasteiger partial charge < -0.3 is 14.2 Å². The molecule has 1 aliphatic heterocycles. The molecule has 0 N–H and O–H groups in total. The molecule has 3 aromatic carbocycles. The maximum Gasteiger partial charge on any atom is 0.338 e. The fourth-order valence-electron chi connectivity index (χ4n) is 4.67. The average molecular weight is 583 g/mol. The Balaban J connectivity index is 1.74. The zero-order valence-corrected chi connectivity index (χ0v) is 23.8. The quantitative estimate of drug-likeness (QED) is 0.215. The summed E-state index contributed by atoms with van der Waals surface area (Å²) in [5.74, 6) is 2.39. The van der Waals surface area contributed by atoms with Gasteiger partial charge in [0, 0.05) is 5.56 Å². The number of halogens is 1. The number of esters is 1. The van der Waals surface area contributed by atoms with Crippen molar-refractivity contribution in [3.05, 3.63) is 121 Å². The lowest BCUT2D eigenvalue weighted by molar-refractivity contribution is -0.138. The van der Waals surface area contributed by atoms with E-state index in [1.165, 1.54) is 28.0 Å². The lowest BCUT2D eigenvalue weighted by atomic mass is 9.93. The number of hydrogen-bond donors (Lipinski definition) is 0. The summed E-state index contributed by atoms with van der Waals surface area (Å²) in [5, 5.41) is 0. The highest BCUT2D eigenvalue weighted by atomic mass is 32.1. The van der Waals surface area contributed by atoms with Crippen LogP contribution in [0.25, 0.3) is 11.8 Å². The maximum absolute atomic E-state index is 14.0. The molecule has 1 unspecified atom stereocenters. The Hall–Kier alpha value is -4.94. The van der Waals surface area contributed by atoms with Crippen molar-refractivity contribution in [1.29, 1.82) is 0 Å². The van der Waals surface area contributed by atoms with Crippen molar-refractivity contribution < 1.29 is 23.4 Å². The Morgan fingerprint density at radius 2 is 1.81 bits per heavy atom. The van der Waals surface area contributed by atoms with Crippen LogP contribution in [0.1, 0.15) is 36.6 Å². The summed E-state index contributed by atoms with van der Waals surface area (Å²) in [5.41, 5.74) is 2.17. The molecule has 0 spiro atoms. The number of benzene rings is 3. The molecule has 0 bridgehead atoms. The zero-order valence-electron chi connectivity index (χ0n) is 23.0. The SMILES string of the molecule is C#CCOc1ccc(/C=c2/sc3n(c2=O)C(c2ccc(F)cc2)C(C(=O)OCC)=C(c2ccccc2)N=3)cc1OCC. The number of terminal acetylenes is 1. The molecule has 212 valence electrons. The van der Waals surface area contributed by atoms with Crippen LogP contribution in [0, 0.1) is 18.2 Å². The van der Waals surface area contributed by atoms with Gasteiger partial charge >= 0.3 is 5.97 Å². The predicted octanol–water partition coefficient (Wildman–Crippen LogP) is 4.49. The van der Waals surface area contributed by atoms with Gasteiger partial charge in [0.2, 0.25) is 0 Å². The third-order valence-electron chi connectivity index (χ3n) is 6.44. The van der Waals surface area contributed by atoms with Crippen molar-refractivity contribution in [2.45, 2.75) is 19.9 Å². The van der Waals surface area contributed by atoms with Gasteiger partial charge in [-0.25, -0.2) is 14.2 Å². The van der Waals surface area contributed by atoms with Gasteiger partial charge in [0.1, 0.15) is 12.4 Å². The van der Waals surface area contributed by atoms with Crippen molar-refractivity contribution in [1.82, 2.24) is 4.57 Å². The van der Waals surface area contributed by atoms with E-state index in [0.717, 1.165) is 0 Å². The highest BCUT2D eigenvalue weighted by molar-refractivity contribution is 7.07. The van der Waals surface area contributed by atoms with Crippen LogP contribution in [0.2, 0.25) is 0 Å². The minimum Gasteiger partial charge on any atom is -0.490 e. The van der Waals surface area contributed by atoms with Crippen molar-refractivity contribution in [2.75, 3.05) is 19.8 Å². The number of carbonyl (C=O) groups excluding carboxylic acids is 1. The largest absolute Gasteiger partial charge is 0.490 e. The summed E-state index contributed by atoms with van der Waals surface area (Å²) in [6.45, 7) is 4.20. The van der Waals surface area contributed by atoms with E-state index < -0.39 is 17.8 Å².